The lowest BCUT2D eigenvalue weighted by Gasteiger charge is -2.23. The summed E-state index contributed by atoms with van der Waals surface area (Å²) in [5.74, 6) is 2.32. The Bertz CT molecular complexity index is 522. The number of ether oxygens (including phenoxy) is 1. The highest BCUT2D eigenvalue weighted by Crippen LogP contribution is 2.30. The van der Waals surface area contributed by atoms with E-state index >= 15 is 0 Å². The third-order valence-corrected chi connectivity index (χ3v) is 3.44. The van der Waals surface area contributed by atoms with Gasteiger partial charge in [-0.25, -0.2) is 0 Å². The number of benzene rings is 2. The zero-order valence-corrected chi connectivity index (χ0v) is 12.5. The van der Waals surface area contributed by atoms with Crippen LogP contribution < -0.4 is 10.1 Å². The summed E-state index contributed by atoms with van der Waals surface area (Å²) in [5, 5.41) is 3.59. The average molecular weight is 269 g/mol. The molecule has 0 aliphatic heterocycles. The third kappa shape index (κ3) is 3.77. The Morgan fingerprint density at radius 1 is 0.950 bits per heavy atom. The van der Waals surface area contributed by atoms with E-state index in [4.69, 9.17) is 4.74 Å². The van der Waals surface area contributed by atoms with Crippen LogP contribution in [0.4, 0.5) is 5.69 Å². The second-order valence-corrected chi connectivity index (χ2v) is 5.31. The number of anilines is 1. The van der Waals surface area contributed by atoms with Gasteiger partial charge in [0.15, 0.2) is 5.75 Å². The van der Waals surface area contributed by atoms with E-state index in [-0.39, 0.29) is 0 Å². The normalized spacial score (nSPS) is 12.2. The van der Waals surface area contributed by atoms with Gasteiger partial charge in [0.25, 0.3) is 0 Å². The van der Waals surface area contributed by atoms with Crippen molar-refractivity contribution in [2.75, 3.05) is 5.32 Å². The predicted octanol–water partition coefficient (Wildman–Crippen LogP) is 5.33. The first-order valence-electron chi connectivity index (χ1n) is 7.29. The van der Waals surface area contributed by atoms with Crippen LogP contribution in [0.3, 0.4) is 0 Å². The minimum absolute atomic E-state index is 0.454. The monoisotopic (exact) mass is 269 g/mol. The van der Waals surface area contributed by atoms with Crippen LogP contribution in [0.15, 0.2) is 54.6 Å². The fourth-order valence-electron chi connectivity index (χ4n) is 2.23. The SMILES string of the molecule is CCC(Nc1ccccc1Oc1ccccc1)C(C)C. The molecule has 106 valence electrons. The molecule has 0 saturated carbocycles. The van der Waals surface area contributed by atoms with Gasteiger partial charge in [-0.2, -0.15) is 0 Å². The largest absolute Gasteiger partial charge is 0.455 e. The third-order valence-electron chi connectivity index (χ3n) is 3.44. The summed E-state index contributed by atoms with van der Waals surface area (Å²) in [6, 6.07) is 18.5. The second kappa shape index (κ2) is 6.99. The minimum atomic E-state index is 0.454. The Labute approximate surface area is 121 Å². The van der Waals surface area contributed by atoms with Gasteiger partial charge in [-0.05, 0) is 36.6 Å². The van der Waals surface area contributed by atoms with Crippen molar-refractivity contribution in [2.24, 2.45) is 5.92 Å². The molecular formula is C18H23NO. The number of hydrogen-bond donors (Lipinski definition) is 1. The van der Waals surface area contributed by atoms with Crippen molar-refractivity contribution in [2.45, 2.75) is 33.2 Å². The molecular weight excluding hydrogens is 246 g/mol. The van der Waals surface area contributed by atoms with Crippen LogP contribution in [0, 0.1) is 5.92 Å². The standard InChI is InChI=1S/C18H23NO/c1-4-16(14(2)3)19-17-12-8-9-13-18(17)20-15-10-6-5-7-11-15/h5-14,16,19H,4H2,1-3H3. The molecule has 20 heavy (non-hydrogen) atoms. The molecule has 0 bridgehead atoms. The lowest BCUT2D eigenvalue weighted by molar-refractivity contribution is 0.476. The van der Waals surface area contributed by atoms with E-state index in [1.165, 1.54) is 0 Å². The van der Waals surface area contributed by atoms with Crippen molar-refractivity contribution in [3.8, 4) is 11.5 Å². The molecule has 2 heteroatoms. The molecule has 1 atom stereocenters. The highest BCUT2D eigenvalue weighted by molar-refractivity contribution is 5.58. The van der Waals surface area contributed by atoms with Crippen molar-refractivity contribution >= 4 is 5.69 Å². The van der Waals surface area contributed by atoms with Gasteiger partial charge in [-0.15, -0.1) is 0 Å². The van der Waals surface area contributed by atoms with Gasteiger partial charge in [-0.1, -0.05) is 51.1 Å². The molecule has 0 aliphatic carbocycles. The topological polar surface area (TPSA) is 21.3 Å². The van der Waals surface area contributed by atoms with Crippen molar-refractivity contribution in [3.05, 3.63) is 54.6 Å². The molecule has 0 aliphatic rings. The zero-order chi connectivity index (χ0) is 14.4. The number of nitrogens with one attached hydrogen (secondary N) is 1. The Kier molecular flexibility index (Phi) is 5.05. The maximum absolute atomic E-state index is 5.97. The van der Waals surface area contributed by atoms with E-state index in [0.29, 0.717) is 12.0 Å². The van der Waals surface area contributed by atoms with Gasteiger partial charge in [0.2, 0.25) is 0 Å². The summed E-state index contributed by atoms with van der Waals surface area (Å²) in [4.78, 5) is 0. The van der Waals surface area contributed by atoms with Crippen molar-refractivity contribution in [1.29, 1.82) is 0 Å². The molecule has 2 aromatic rings. The summed E-state index contributed by atoms with van der Waals surface area (Å²) in [6.45, 7) is 6.68. The van der Waals surface area contributed by atoms with Crippen LogP contribution in [-0.4, -0.2) is 6.04 Å². The van der Waals surface area contributed by atoms with Crippen LogP contribution in [0.25, 0.3) is 0 Å². The fourth-order valence-corrected chi connectivity index (χ4v) is 2.23. The smallest absolute Gasteiger partial charge is 0.150 e. The Morgan fingerprint density at radius 2 is 1.60 bits per heavy atom. The summed E-state index contributed by atoms with van der Waals surface area (Å²) in [7, 11) is 0. The summed E-state index contributed by atoms with van der Waals surface area (Å²) < 4.78 is 5.97. The molecule has 0 aromatic heterocycles. The lowest BCUT2D eigenvalue weighted by Crippen LogP contribution is -2.24. The molecule has 0 heterocycles. The van der Waals surface area contributed by atoms with Gasteiger partial charge in [0.05, 0.1) is 5.69 Å². The van der Waals surface area contributed by atoms with Crippen LogP contribution in [-0.2, 0) is 0 Å². The molecule has 2 aromatic carbocycles. The van der Waals surface area contributed by atoms with Crippen LogP contribution in [0.5, 0.6) is 11.5 Å². The van der Waals surface area contributed by atoms with Crippen LogP contribution in [0.1, 0.15) is 27.2 Å². The quantitative estimate of drug-likeness (QED) is 0.765. The molecule has 0 spiro atoms. The number of para-hydroxylation sites is 3. The Morgan fingerprint density at radius 3 is 2.25 bits per heavy atom. The maximum atomic E-state index is 5.97. The summed E-state index contributed by atoms with van der Waals surface area (Å²) >= 11 is 0. The first-order valence-corrected chi connectivity index (χ1v) is 7.29. The van der Waals surface area contributed by atoms with Crippen molar-refractivity contribution < 1.29 is 4.74 Å². The van der Waals surface area contributed by atoms with Crippen LogP contribution in [0.2, 0.25) is 0 Å². The Hall–Kier alpha value is -1.96. The van der Waals surface area contributed by atoms with Crippen LogP contribution >= 0.6 is 0 Å². The zero-order valence-electron chi connectivity index (χ0n) is 12.5. The summed E-state index contributed by atoms with van der Waals surface area (Å²) in [5.41, 5.74) is 1.05. The Balaban J connectivity index is 2.18. The second-order valence-electron chi connectivity index (χ2n) is 5.31. The molecule has 2 rings (SSSR count). The van der Waals surface area contributed by atoms with Gasteiger partial charge >= 0.3 is 0 Å². The van der Waals surface area contributed by atoms with E-state index in [1.807, 2.05) is 48.5 Å². The van der Waals surface area contributed by atoms with E-state index in [9.17, 15) is 0 Å². The first kappa shape index (κ1) is 14.4. The van der Waals surface area contributed by atoms with Crippen molar-refractivity contribution in [3.63, 3.8) is 0 Å². The number of hydrogen-bond acceptors (Lipinski definition) is 2. The molecule has 0 radical (unpaired) electrons. The average Bonchev–Trinajstić information content (AvgIpc) is 2.47. The maximum Gasteiger partial charge on any atom is 0.150 e. The van der Waals surface area contributed by atoms with Gasteiger partial charge in [0, 0.05) is 6.04 Å². The van der Waals surface area contributed by atoms with Gasteiger partial charge in [-0.3, -0.25) is 0 Å². The molecule has 1 N–H and O–H groups in total. The highest BCUT2D eigenvalue weighted by Gasteiger charge is 2.13. The fraction of sp³-hybridized carbons (Fsp3) is 0.333. The molecule has 2 nitrogen and oxygen atoms in total. The van der Waals surface area contributed by atoms with Crippen molar-refractivity contribution in [1.82, 2.24) is 0 Å². The summed E-state index contributed by atoms with van der Waals surface area (Å²) in [6.07, 6.45) is 1.09. The molecule has 0 saturated heterocycles. The molecule has 0 amide bonds. The van der Waals surface area contributed by atoms with Gasteiger partial charge < -0.3 is 10.1 Å². The molecule has 0 fully saturated rings. The van der Waals surface area contributed by atoms with E-state index in [0.717, 1.165) is 23.6 Å². The first-order chi connectivity index (χ1) is 9.70. The predicted molar refractivity (Wildman–Crippen MR) is 85.5 cm³/mol. The van der Waals surface area contributed by atoms with E-state index < -0.39 is 0 Å². The lowest BCUT2D eigenvalue weighted by atomic mass is 10.0. The highest BCUT2D eigenvalue weighted by atomic mass is 16.5. The minimum Gasteiger partial charge on any atom is -0.455 e. The van der Waals surface area contributed by atoms with E-state index in [2.05, 4.69) is 32.2 Å². The van der Waals surface area contributed by atoms with Gasteiger partial charge in [0.1, 0.15) is 5.75 Å². The molecule has 1 unspecified atom stereocenters. The number of rotatable bonds is 6. The van der Waals surface area contributed by atoms with E-state index in [1.54, 1.807) is 0 Å².